The van der Waals surface area contributed by atoms with Crippen molar-refractivity contribution in [3.63, 3.8) is 0 Å². The summed E-state index contributed by atoms with van der Waals surface area (Å²) in [6.45, 7) is 7.53. The lowest BCUT2D eigenvalue weighted by molar-refractivity contribution is -0.286. The third kappa shape index (κ3) is 10.6. The first-order chi connectivity index (χ1) is 11.5. The van der Waals surface area contributed by atoms with Gasteiger partial charge in [0.05, 0.1) is 24.4 Å². The molecule has 0 aromatic carbocycles. The molecule has 2 unspecified atom stereocenters. The Morgan fingerprint density at radius 2 is 1.76 bits per heavy atom. The molecule has 148 valence electrons. The van der Waals surface area contributed by atoms with Crippen molar-refractivity contribution in [3.05, 3.63) is 12.2 Å². The van der Waals surface area contributed by atoms with E-state index in [1.165, 1.54) is 0 Å². The van der Waals surface area contributed by atoms with Crippen molar-refractivity contribution in [2.75, 3.05) is 0 Å². The van der Waals surface area contributed by atoms with E-state index in [4.69, 9.17) is 14.6 Å². The third-order valence-corrected chi connectivity index (χ3v) is 4.00. The van der Waals surface area contributed by atoms with Crippen LogP contribution >= 0.6 is 0 Å². The molecule has 0 amide bonds. The van der Waals surface area contributed by atoms with Crippen LogP contribution in [-0.4, -0.2) is 62.2 Å². The quantitative estimate of drug-likeness (QED) is 0.341. The van der Waals surface area contributed by atoms with E-state index in [0.29, 0.717) is 18.8 Å². The fourth-order valence-corrected chi connectivity index (χ4v) is 2.70. The average Bonchev–Trinajstić information content (AvgIpc) is 2.44. The topological polar surface area (TPSA) is 127 Å². The van der Waals surface area contributed by atoms with Gasteiger partial charge in [0, 0.05) is 19.3 Å². The van der Waals surface area contributed by atoms with Crippen molar-refractivity contribution in [2.45, 2.75) is 83.6 Å². The first kappa shape index (κ1) is 24.0. The van der Waals surface area contributed by atoms with Crippen LogP contribution in [-0.2, 0) is 9.53 Å². The van der Waals surface area contributed by atoms with Gasteiger partial charge < -0.3 is 30.3 Å². The minimum absolute atomic E-state index is 0.00436. The molecule has 0 spiro atoms. The normalized spacial score (nSPS) is 29.4. The third-order valence-electron chi connectivity index (χ3n) is 4.00. The van der Waals surface area contributed by atoms with Gasteiger partial charge in [-0.05, 0) is 18.3 Å². The summed E-state index contributed by atoms with van der Waals surface area (Å²) in [5.41, 5.74) is 0. The van der Waals surface area contributed by atoms with Gasteiger partial charge in [-0.2, -0.15) is 0 Å². The first-order valence-electron chi connectivity index (χ1n) is 8.73. The highest BCUT2D eigenvalue weighted by molar-refractivity contribution is 5.32. The van der Waals surface area contributed by atoms with Crippen LogP contribution in [0.5, 0.6) is 0 Å². The predicted octanol–water partition coefficient (Wildman–Crippen LogP) is 1.29. The number of allylic oxidation sites excluding steroid dienone is 1. The Labute approximate surface area is 149 Å². The predicted molar refractivity (Wildman–Crippen MR) is 93.8 cm³/mol. The summed E-state index contributed by atoms with van der Waals surface area (Å²) in [5, 5.41) is 47.3. The van der Waals surface area contributed by atoms with Crippen LogP contribution in [0.1, 0.15) is 53.4 Å². The van der Waals surface area contributed by atoms with Crippen molar-refractivity contribution in [2.24, 2.45) is 11.8 Å². The zero-order valence-corrected chi connectivity index (χ0v) is 15.6. The maximum atomic E-state index is 10.5. The Hall–Kier alpha value is -0.990. The summed E-state index contributed by atoms with van der Waals surface area (Å²) < 4.78 is 5.68. The SMILES string of the molecule is CC(C)/C=C/[C@H](O)CC1CC(O)C[C@@](O)(C[C@@H](O)C(C)C)O1.O=CO. The van der Waals surface area contributed by atoms with Crippen molar-refractivity contribution in [1.29, 1.82) is 0 Å². The number of carboxylic acid groups (broad SMARTS) is 1. The Morgan fingerprint density at radius 3 is 2.24 bits per heavy atom. The maximum absolute atomic E-state index is 10.5. The van der Waals surface area contributed by atoms with Crippen molar-refractivity contribution < 1.29 is 35.1 Å². The Bertz CT molecular complexity index is 397. The van der Waals surface area contributed by atoms with Crippen LogP contribution in [0.15, 0.2) is 12.2 Å². The van der Waals surface area contributed by atoms with Gasteiger partial charge in [-0.1, -0.05) is 39.8 Å². The van der Waals surface area contributed by atoms with E-state index < -0.39 is 30.2 Å². The summed E-state index contributed by atoms with van der Waals surface area (Å²) >= 11 is 0. The molecule has 1 fully saturated rings. The fraction of sp³-hybridized carbons (Fsp3) is 0.833. The molecule has 0 saturated carbocycles. The van der Waals surface area contributed by atoms with E-state index in [1.54, 1.807) is 6.08 Å². The largest absolute Gasteiger partial charge is 0.483 e. The molecule has 7 heteroatoms. The minimum Gasteiger partial charge on any atom is -0.483 e. The van der Waals surface area contributed by atoms with Gasteiger partial charge in [0.15, 0.2) is 5.79 Å². The summed E-state index contributed by atoms with van der Waals surface area (Å²) in [5.74, 6) is -1.18. The van der Waals surface area contributed by atoms with Crippen molar-refractivity contribution in [1.82, 2.24) is 0 Å². The molecule has 0 bridgehead atoms. The highest BCUT2D eigenvalue weighted by Gasteiger charge is 2.41. The number of rotatable bonds is 7. The highest BCUT2D eigenvalue weighted by Crippen LogP contribution is 2.33. The monoisotopic (exact) mass is 362 g/mol. The Morgan fingerprint density at radius 1 is 1.20 bits per heavy atom. The smallest absolute Gasteiger partial charge is 0.290 e. The zero-order valence-electron chi connectivity index (χ0n) is 15.6. The van der Waals surface area contributed by atoms with E-state index in [-0.39, 0.29) is 25.2 Å². The molecule has 5 N–H and O–H groups in total. The molecule has 0 aromatic rings. The molecular formula is C18H34O7. The number of ether oxygens (including phenoxy) is 1. The van der Waals surface area contributed by atoms with Gasteiger partial charge in [0.2, 0.25) is 0 Å². The lowest BCUT2D eigenvalue weighted by atomic mass is 9.89. The number of aliphatic hydroxyl groups is 4. The van der Waals surface area contributed by atoms with Crippen LogP contribution in [0.25, 0.3) is 0 Å². The maximum Gasteiger partial charge on any atom is 0.290 e. The van der Waals surface area contributed by atoms with Crippen LogP contribution in [0.2, 0.25) is 0 Å². The average molecular weight is 362 g/mol. The van der Waals surface area contributed by atoms with Crippen LogP contribution in [0, 0.1) is 11.8 Å². The van der Waals surface area contributed by atoms with Crippen LogP contribution in [0.4, 0.5) is 0 Å². The van der Waals surface area contributed by atoms with E-state index in [1.807, 2.05) is 33.8 Å². The molecule has 1 heterocycles. The van der Waals surface area contributed by atoms with Crippen LogP contribution < -0.4 is 0 Å². The second kappa shape index (κ2) is 11.6. The number of hydrogen-bond acceptors (Lipinski definition) is 6. The van der Waals surface area contributed by atoms with E-state index in [9.17, 15) is 20.4 Å². The van der Waals surface area contributed by atoms with Gasteiger partial charge in [-0.25, -0.2) is 0 Å². The second-order valence-electron chi connectivity index (χ2n) is 7.33. The molecule has 0 aromatic heterocycles. The molecule has 0 aliphatic carbocycles. The molecule has 1 aliphatic rings. The van der Waals surface area contributed by atoms with Gasteiger partial charge >= 0.3 is 0 Å². The number of carbonyl (C=O) groups is 1. The second-order valence-corrected chi connectivity index (χ2v) is 7.33. The molecule has 7 nitrogen and oxygen atoms in total. The lowest BCUT2D eigenvalue weighted by Gasteiger charge is -2.41. The lowest BCUT2D eigenvalue weighted by Crippen LogP contribution is -2.49. The summed E-state index contributed by atoms with van der Waals surface area (Å²) in [6.07, 6.45) is 2.01. The van der Waals surface area contributed by atoms with Crippen LogP contribution in [0.3, 0.4) is 0 Å². The van der Waals surface area contributed by atoms with Gasteiger partial charge in [-0.15, -0.1) is 0 Å². The molecule has 5 atom stereocenters. The zero-order chi connectivity index (χ0) is 19.6. The van der Waals surface area contributed by atoms with Crippen molar-refractivity contribution >= 4 is 6.47 Å². The van der Waals surface area contributed by atoms with E-state index in [0.717, 1.165) is 0 Å². The fourth-order valence-electron chi connectivity index (χ4n) is 2.70. The number of aliphatic hydroxyl groups excluding tert-OH is 3. The minimum atomic E-state index is -1.53. The molecule has 1 rings (SSSR count). The standard InChI is InChI=1S/C17H32O5.CH2O2/c1-11(2)5-6-13(18)7-15-8-14(19)9-17(21,22-15)10-16(20)12(3)4;2-1-3/h5-6,11-16,18-21H,7-10H2,1-4H3;1H,(H,2,3)/b6-5+;/t13-,14?,15?,16+,17-;/m0./s1. The Kier molecular flexibility index (Phi) is 11.1. The Balaban J connectivity index is 0.00000178. The van der Waals surface area contributed by atoms with E-state index in [2.05, 4.69) is 0 Å². The molecule has 25 heavy (non-hydrogen) atoms. The number of hydrogen-bond donors (Lipinski definition) is 5. The van der Waals surface area contributed by atoms with Gasteiger partial charge in [0.25, 0.3) is 6.47 Å². The van der Waals surface area contributed by atoms with E-state index >= 15 is 0 Å². The summed E-state index contributed by atoms with van der Waals surface area (Å²) in [7, 11) is 0. The van der Waals surface area contributed by atoms with Crippen molar-refractivity contribution in [3.8, 4) is 0 Å². The molecular weight excluding hydrogens is 328 g/mol. The molecule has 0 radical (unpaired) electrons. The first-order valence-corrected chi connectivity index (χ1v) is 8.73. The summed E-state index contributed by atoms with van der Waals surface area (Å²) in [6, 6.07) is 0. The molecule has 1 saturated heterocycles. The molecule has 1 aliphatic heterocycles. The van der Waals surface area contributed by atoms with Gasteiger partial charge in [-0.3, -0.25) is 4.79 Å². The highest BCUT2D eigenvalue weighted by atomic mass is 16.6. The summed E-state index contributed by atoms with van der Waals surface area (Å²) in [4.78, 5) is 8.36. The van der Waals surface area contributed by atoms with Gasteiger partial charge in [0.1, 0.15) is 0 Å².